The van der Waals surface area contributed by atoms with E-state index in [1.807, 2.05) is 6.92 Å². The molecule has 2 rings (SSSR count). The first-order chi connectivity index (χ1) is 9.92. The van der Waals surface area contributed by atoms with Crippen LogP contribution in [-0.2, 0) is 9.53 Å². The Morgan fingerprint density at radius 1 is 1.38 bits per heavy atom. The van der Waals surface area contributed by atoms with Crippen LogP contribution in [0.1, 0.15) is 42.2 Å². The van der Waals surface area contributed by atoms with Crippen LogP contribution in [0.5, 0.6) is 0 Å². The smallest absolute Gasteiger partial charge is 0.319 e. The van der Waals surface area contributed by atoms with Crippen molar-refractivity contribution in [3.05, 3.63) is 29.3 Å². The summed E-state index contributed by atoms with van der Waals surface area (Å²) in [6.07, 6.45) is 0.0525. The fourth-order valence-corrected chi connectivity index (χ4v) is 2.33. The van der Waals surface area contributed by atoms with Crippen LogP contribution in [-0.4, -0.2) is 24.9 Å². The highest BCUT2D eigenvalue weighted by Gasteiger charge is 2.24. The van der Waals surface area contributed by atoms with Gasteiger partial charge in [0.15, 0.2) is 5.78 Å². The van der Waals surface area contributed by atoms with Crippen molar-refractivity contribution in [2.45, 2.75) is 26.3 Å². The third kappa shape index (κ3) is 3.21. The molecule has 6 heteroatoms. The summed E-state index contributed by atoms with van der Waals surface area (Å²) in [5, 5.41) is 5.43. The zero-order valence-electron chi connectivity index (χ0n) is 12.2. The number of fused-ring (bicyclic) bond motifs is 1. The first-order valence-electron chi connectivity index (χ1n) is 6.75. The van der Waals surface area contributed by atoms with Crippen molar-refractivity contribution in [1.29, 1.82) is 0 Å². The molecule has 0 radical (unpaired) electrons. The molecule has 2 amide bonds. The summed E-state index contributed by atoms with van der Waals surface area (Å²) in [6, 6.07) is 4.70. The lowest BCUT2D eigenvalue weighted by molar-refractivity contribution is -0.141. The molecule has 1 aliphatic heterocycles. The lowest BCUT2D eigenvalue weighted by atomic mass is 9.93. The molecule has 21 heavy (non-hydrogen) atoms. The molecule has 1 heterocycles. The Hall–Kier alpha value is -2.37. The minimum absolute atomic E-state index is 0.0525. The summed E-state index contributed by atoms with van der Waals surface area (Å²) in [5.41, 5.74) is 2.07. The number of ether oxygens (including phenoxy) is 1. The molecule has 0 spiro atoms. The van der Waals surface area contributed by atoms with Crippen LogP contribution in [0, 0.1) is 5.92 Å². The number of rotatable bonds is 4. The van der Waals surface area contributed by atoms with E-state index >= 15 is 0 Å². The van der Waals surface area contributed by atoms with Gasteiger partial charge in [-0.3, -0.25) is 9.59 Å². The van der Waals surface area contributed by atoms with Crippen molar-refractivity contribution < 1.29 is 19.1 Å². The number of urea groups is 1. The lowest BCUT2D eigenvalue weighted by Crippen LogP contribution is -2.36. The summed E-state index contributed by atoms with van der Waals surface area (Å²) in [4.78, 5) is 35.0. The van der Waals surface area contributed by atoms with E-state index in [1.54, 1.807) is 25.1 Å². The standard InChI is InChI=1S/C15H18N2O4/c1-8(6-13(18)21-3)14(19)10-4-5-12-11(7-10)9(2)16-15(20)17-12/h4-5,7-9H,6H2,1-3H3,(H2,16,17,20). The van der Waals surface area contributed by atoms with Gasteiger partial charge in [-0.15, -0.1) is 0 Å². The molecular weight excluding hydrogens is 272 g/mol. The normalized spacial score (nSPS) is 18.0. The van der Waals surface area contributed by atoms with E-state index < -0.39 is 11.9 Å². The minimum atomic E-state index is -0.447. The molecular formula is C15H18N2O4. The largest absolute Gasteiger partial charge is 0.469 e. The van der Waals surface area contributed by atoms with Crippen LogP contribution in [0.3, 0.4) is 0 Å². The second-order valence-corrected chi connectivity index (χ2v) is 5.17. The van der Waals surface area contributed by atoms with Crippen LogP contribution in [0.4, 0.5) is 10.5 Å². The SMILES string of the molecule is COC(=O)CC(C)C(=O)c1ccc2c(c1)C(C)NC(=O)N2. The first kappa shape index (κ1) is 15.0. The molecule has 0 saturated carbocycles. The summed E-state index contributed by atoms with van der Waals surface area (Å²) in [6.45, 7) is 3.55. The Balaban J connectivity index is 2.22. The van der Waals surface area contributed by atoms with Crippen LogP contribution >= 0.6 is 0 Å². The number of hydrogen-bond acceptors (Lipinski definition) is 4. The van der Waals surface area contributed by atoms with Crippen molar-refractivity contribution in [2.75, 3.05) is 12.4 Å². The molecule has 0 fully saturated rings. The molecule has 0 aromatic heterocycles. The summed E-state index contributed by atoms with van der Waals surface area (Å²) in [7, 11) is 1.30. The Morgan fingerprint density at radius 2 is 2.10 bits per heavy atom. The number of ketones is 1. The summed E-state index contributed by atoms with van der Waals surface area (Å²) in [5.74, 6) is -0.972. The van der Waals surface area contributed by atoms with Gasteiger partial charge in [0.1, 0.15) is 0 Å². The monoisotopic (exact) mass is 290 g/mol. The number of methoxy groups -OCH3 is 1. The van der Waals surface area contributed by atoms with Gasteiger partial charge in [-0.1, -0.05) is 6.92 Å². The van der Waals surface area contributed by atoms with E-state index in [0.29, 0.717) is 11.3 Å². The molecule has 6 nitrogen and oxygen atoms in total. The molecule has 1 aliphatic rings. The number of carbonyl (C=O) groups excluding carboxylic acids is 3. The van der Waals surface area contributed by atoms with Gasteiger partial charge in [0, 0.05) is 17.2 Å². The second kappa shape index (κ2) is 5.95. The molecule has 0 saturated heterocycles. The fraction of sp³-hybridized carbons (Fsp3) is 0.400. The number of esters is 1. The number of amides is 2. The average molecular weight is 290 g/mol. The van der Waals surface area contributed by atoms with Crippen molar-refractivity contribution in [3.63, 3.8) is 0 Å². The topological polar surface area (TPSA) is 84.5 Å². The van der Waals surface area contributed by atoms with Gasteiger partial charge < -0.3 is 15.4 Å². The van der Waals surface area contributed by atoms with Crippen molar-refractivity contribution in [3.8, 4) is 0 Å². The van der Waals surface area contributed by atoms with E-state index in [0.717, 1.165) is 5.56 Å². The Bertz CT molecular complexity index is 597. The fourth-order valence-electron chi connectivity index (χ4n) is 2.33. The van der Waals surface area contributed by atoms with Gasteiger partial charge >= 0.3 is 12.0 Å². The molecule has 2 N–H and O–H groups in total. The Kier molecular flexibility index (Phi) is 4.26. The maximum Gasteiger partial charge on any atom is 0.319 e. The van der Waals surface area contributed by atoms with Crippen LogP contribution in [0.2, 0.25) is 0 Å². The van der Waals surface area contributed by atoms with E-state index in [-0.39, 0.29) is 24.3 Å². The highest BCUT2D eigenvalue weighted by Crippen LogP contribution is 2.28. The highest BCUT2D eigenvalue weighted by molar-refractivity contribution is 6.01. The van der Waals surface area contributed by atoms with Gasteiger partial charge in [-0.05, 0) is 30.7 Å². The summed E-state index contributed by atoms with van der Waals surface area (Å²) >= 11 is 0. The molecule has 112 valence electrons. The van der Waals surface area contributed by atoms with Gasteiger partial charge in [0.25, 0.3) is 0 Å². The Morgan fingerprint density at radius 3 is 2.76 bits per heavy atom. The average Bonchev–Trinajstić information content (AvgIpc) is 2.45. The predicted molar refractivity (Wildman–Crippen MR) is 77.1 cm³/mol. The number of anilines is 1. The van der Waals surface area contributed by atoms with E-state index in [9.17, 15) is 14.4 Å². The van der Waals surface area contributed by atoms with Crippen LogP contribution in [0.15, 0.2) is 18.2 Å². The molecule has 1 aromatic carbocycles. The van der Waals surface area contributed by atoms with Crippen LogP contribution in [0.25, 0.3) is 0 Å². The van der Waals surface area contributed by atoms with Crippen molar-refractivity contribution in [1.82, 2.24) is 5.32 Å². The molecule has 0 bridgehead atoms. The zero-order chi connectivity index (χ0) is 15.6. The number of Topliss-reactive ketones (excluding diaryl/α,β-unsaturated/α-hetero) is 1. The van der Waals surface area contributed by atoms with Gasteiger partial charge in [-0.25, -0.2) is 4.79 Å². The maximum atomic E-state index is 12.3. The van der Waals surface area contributed by atoms with Gasteiger partial charge in [-0.2, -0.15) is 0 Å². The van der Waals surface area contributed by atoms with E-state index in [1.165, 1.54) is 7.11 Å². The van der Waals surface area contributed by atoms with E-state index in [4.69, 9.17) is 0 Å². The number of nitrogens with one attached hydrogen (secondary N) is 2. The highest BCUT2D eigenvalue weighted by atomic mass is 16.5. The summed E-state index contributed by atoms with van der Waals surface area (Å²) < 4.78 is 4.58. The molecule has 2 atom stereocenters. The Labute approximate surface area is 122 Å². The predicted octanol–water partition coefficient (Wildman–Crippen LogP) is 2.26. The number of hydrogen-bond donors (Lipinski definition) is 2. The quantitative estimate of drug-likeness (QED) is 0.658. The second-order valence-electron chi connectivity index (χ2n) is 5.17. The third-order valence-electron chi connectivity index (χ3n) is 3.55. The van der Waals surface area contributed by atoms with Gasteiger partial charge in [0.05, 0.1) is 19.6 Å². The first-order valence-corrected chi connectivity index (χ1v) is 6.75. The van der Waals surface area contributed by atoms with Crippen molar-refractivity contribution in [2.24, 2.45) is 5.92 Å². The third-order valence-corrected chi connectivity index (χ3v) is 3.55. The lowest BCUT2D eigenvalue weighted by Gasteiger charge is -2.25. The number of benzene rings is 1. The van der Waals surface area contributed by atoms with Gasteiger partial charge in [0.2, 0.25) is 0 Å². The minimum Gasteiger partial charge on any atom is -0.469 e. The van der Waals surface area contributed by atoms with E-state index in [2.05, 4.69) is 15.4 Å². The maximum absolute atomic E-state index is 12.3. The van der Waals surface area contributed by atoms with Crippen molar-refractivity contribution >= 4 is 23.5 Å². The molecule has 1 aromatic rings. The number of carbonyl (C=O) groups is 3. The zero-order valence-corrected chi connectivity index (χ0v) is 12.2. The molecule has 2 unspecified atom stereocenters. The molecule has 0 aliphatic carbocycles. The van der Waals surface area contributed by atoms with Crippen LogP contribution < -0.4 is 10.6 Å².